The number of hydrogen-bond acceptors (Lipinski definition) is 2. The number of fused-ring (bicyclic) bond motifs is 1. The third-order valence-corrected chi connectivity index (χ3v) is 3.80. The van der Waals surface area contributed by atoms with Crippen LogP contribution in [0, 0.1) is 5.82 Å². The molecule has 3 rings (SSSR count). The SMILES string of the molecule is O=C(Cc1c[nH]c2ccc(F)cc12)NC(CO)c1ccccc1. The molecule has 3 aromatic rings. The highest BCUT2D eigenvalue weighted by Gasteiger charge is 2.15. The minimum absolute atomic E-state index is 0.118. The van der Waals surface area contributed by atoms with Crippen molar-refractivity contribution in [2.24, 2.45) is 0 Å². The van der Waals surface area contributed by atoms with Crippen molar-refractivity contribution in [2.75, 3.05) is 6.61 Å². The molecule has 0 aliphatic rings. The normalized spacial score (nSPS) is 12.3. The Morgan fingerprint density at radius 1 is 1.22 bits per heavy atom. The highest BCUT2D eigenvalue weighted by molar-refractivity contribution is 5.89. The first kappa shape index (κ1) is 15.2. The Kier molecular flexibility index (Phi) is 4.39. The van der Waals surface area contributed by atoms with Crippen LogP contribution < -0.4 is 5.32 Å². The number of halogens is 1. The average molecular weight is 312 g/mol. The predicted octanol–water partition coefficient (Wildman–Crippen LogP) is 2.70. The number of aromatic nitrogens is 1. The maximum atomic E-state index is 13.4. The molecule has 1 atom stereocenters. The topological polar surface area (TPSA) is 65.1 Å². The van der Waals surface area contributed by atoms with Gasteiger partial charge in [0.25, 0.3) is 0 Å². The van der Waals surface area contributed by atoms with E-state index in [2.05, 4.69) is 10.3 Å². The number of amides is 1. The van der Waals surface area contributed by atoms with E-state index in [0.29, 0.717) is 5.39 Å². The fourth-order valence-electron chi connectivity index (χ4n) is 2.63. The van der Waals surface area contributed by atoms with Gasteiger partial charge in [0.15, 0.2) is 0 Å². The van der Waals surface area contributed by atoms with Crippen LogP contribution in [0.5, 0.6) is 0 Å². The molecule has 0 saturated heterocycles. The number of carbonyl (C=O) groups excluding carboxylic acids is 1. The third-order valence-electron chi connectivity index (χ3n) is 3.80. The van der Waals surface area contributed by atoms with Crippen LogP contribution in [0.2, 0.25) is 0 Å². The summed E-state index contributed by atoms with van der Waals surface area (Å²) in [6.45, 7) is -0.182. The Labute approximate surface area is 133 Å². The molecular formula is C18H17FN2O2. The van der Waals surface area contributed by atoms with Crippen molar-refractivity contribution in [3.05, 3.63) is 71.7 Å². The van der Waals surface area contributed by atoms with Crippen molar-refractivity contribution < 1.29 is 14.3 Å². The van der Waals surface area contributed by atoms with Crippen molar-refractivity contribution in [2.45, 2.75) is 12.5 Å². The van der Waals surface area contributed by atoms with Gasteiger partial charge in [-0.2, -0.15) is 0 Å². The molecule has 1 aromatic heterocycles. The van der Waals surface area contributed by atoms with E-state index in [1.165, 1.54) is 12.1 Å². The lowest BCUT2D eigenvalue weighted by atomic mass is 10.1. The van der Waals surface area contributed by atoms with Gasteiger partial charge in [-0.25, -0.2) is 4.39 Å². The Balaban J connectivity index is 1.74. The molecule has 0 aliphatic carbocycles. The molecule has 0 radical (unpaired) electrons. The van der Waals surface area contributed by atoms with E-state index in [9.17, 15) is 14.3 Å². The summed E-state index contributed by atoms with van der Waals surface area (Å²) < 4.78 is 13.4. The largest absolute Gasteiger partial charge is 0.394 e. The fourth-order valence-corrected chi connectivity index (χ4v) is 2.63. The Hall–Kier alpha value is -2.66. The van der Waals surface area contributed by atoms with Crippen molar-refractivity contribution in [1.82, 2.24) is 10.3 Å². The second-order valence-corrected chi connectivity index (χ2v) is 5.39. The Bertz CT molecular complexity index is 814. The molecule has 0 aliphatic heterocycles. The second-order valence-electron chi connectivity index (χ2n) is 5.39. The number of aromatic amines is 1. The monoisotopic (exact) mass is 312 g/mol. The molecule has 4 nitrogen and oxygen atoms in total. The standard InChI is InChI=1S/C18H17FN2O2/c19-14-6-7-16-15(9-14)13(10-20-16)8-18(23)21-17(11-22)12-4-2-1-3-5-12/h1-7,9-10,17,20,22H,8,11H2,(H,21,23). The molecular weight excluding hydrogens is 295 g/mol. The van der Waals surface area contributed by atoms with E-state index in [4.69, 9.17) is 0 Å². The number of benzene rings is 2. The van der Waals surface area contributed by atoms with Gasteiger partial charge in [0.05, 0.1) is 19.1 Å². The molecule has 3 N–H and O–H groups in total. The molecule has 0 fully saturated rings. The molecule has 1 heterocycles. The maximum absolute atomic E-state index is 13.4. The van der Waals surface area contributed by atoms with Crippen LogP contribution in [0.1, 0.15) is 17.2 Å². The molecule has 118 valence electrons. The zero-order valence-electron chi connectivity index (χ0n) is 12.4. The summed E-state index contributed by atoms with van der Waals surface area (Å²) in [4.78, 5) is 15.3. The molecule has 1 amide bonds. The molecule has 1 unspecified atom stereocenters. The molecule has 5 heteroatoms. The maximum Gasteiger partial charge on any atom is 0.225 e. The van der Waals surface area contributed by atoms with Crippen LogP contribution in [0.15, 0.2) is 54.7 Å². The summed E-state index contributed by atoms with van der Waals surface area (Å²) in [5, 5.41) is 13.0. The van der Waals surface area contributed by atoms with Crippen LogP contribution in [0.4, 0.5) is 4.39 Å². The van der Waals surface area contributed by atoms with Crippen molar-refractivity contribution in [1.29, 1.82) is 0 Å². The predicted molar refractivity (Wildman–Crippen MR) is 86.4 cm³/mol. The smallest absolute Gasteiger partial charge is 0.225 e. The fraction of sp³-hybridized carbons (Fsp3) is 0.167. The zero-order valence-corrected chi connectivity index (χ0v) is 12.4. The van der Waals surface area contributed by atoms with Crippen LogP contribution in [0.25, 0.3) is 10.9 Å². The van der Waals surface area contributed by atoms with Gasteiger partial charge in [-0.15, -0.1) is 0 Å². The summed E-state index contributed by atoms with van der Waals surface area (Å²) in [6, 6.07) is 13.3. The Morgan fingerprint density at radius 3 is 2.74 bits per heavy atom. The lowest BCUT2D eigenvalue weighted by Gasteiger charge is -2.16. The van der Waals surface area contributed by atoms with Gasteiger partial charge in [-0.05, 0) is 29.3 Å². The second kappa shape index (κ2) is 6.62. The van der Waals surface area contributed by atoms with Gasteiger partial charge in [0, 0.05) is 17.1 Å². The molecule has 0 spiro atoms. The Morgan fingerprint density at radius 2 is 2.00 bits per heavy atom. The van der Waals surface area contributed by atoms with Crippen molar-refractivity contribution >= 4 is 16.8 Å². The molecule has 23 heavy (non-hydrogen) atoms. The zero-order chi connectivity index (χ0) is 16.2. The van der Waals surface area contributed by atoms with Crippen LogP contribution in [0.3, 0.4) is 0 Å². The number of nitrogens with one attached hydrogen (secondary N) is 2. The number of rotatable bonds is 5. The minimum atomic E-state index is -0.453. The average Bonchev–Trinajstić information content (AvgIpc) is 2.95. The quantitative estimate of drug-likeness (QED) is 0.678. The first-order valence-corrected chi connectivity index (χ1v) is 7.38. The van der Waals surface area contributed by atoms with E-state index in [-0.39, 0.29) is 24.8 Å². The van der Waals surface area contributed by atoms with Gasteiger partial charge >= 0.3 is 0 Å². The summed E-state index contributed by atoms with van der Waals surface area (Å²) in [6.07, 6.45) is 1.83. The lowest BCUT2D eigenvalue weighted by molar-refractivity contribution is -0.121. The van der Waals surface area contributed by atoms with Gasteiger partial charge in [-0.3, -0.25) is 4.79 Å². The first-order chi connectivity index (χ1) is 11.2. The van der Waals surface area contributed by atoms with Gasteiger partial charge < -0.3 is 15.4 Å². The van der Waals surface area contributed by atoms with Crippen LogP contribution >= 0.6 is 0 Å². The lowest BCUT2D eigenvalue weighted by Crippen LogP contribution is -2.31. The highest BCUT2D eigenvalue weighted by atomic mass is 19.1. The van der Waals surface area contributed by atoms with Gasteiger partial charge in [-0.1, -0.05) is 30.3 Å². The summed E-state index contributed by atoms with van der Waals surface area (Å²) in [7, 11) is 0. The van der Waals surface area contributed by atoms with E-state index < -0.39 is 6.04 Å². The van der Waals surface area contributed by atoms with Crippen molar-refractivity contribution in [3.63, 3.8) is 0 Å². The van der Waals surface area contributed by atoms with Crippen LogP contribution in [-0.2, 0) is 11.2 Å². The molecule has 2 aromatic carbocycles. The van der Waals surface area contributed by atoms with Gasteiger partial charge in [0.1, 0.15) is 5.82 Å². The molecule has 0 bridgehead atoms. The number of H-pyrrole nitrogens is 1. The third kappa shape index (κ3) is 3.40. The molecule has 0 saturated carbocycles. The summed E-state index contributed by atoms with van der Waals surface area (Å²) in [5.74, 6) is -0.561. The van der Waals surface area contributed by atoms with Gasteiger partial charge in [0.2, 0.25) is 5.91 Å². The van der Waals surface area contributed by atoms with E-state index in [0.717, 1.165) is 16.6 Å². The number of hydrogen-bond donors (Lipinski definition) is 3. The minimum Gasteiger partial charge on any atom is -0.394 e. The van der Waals surface area contributed by atoms with E-state index >= 15 is 0 Å². The number of aliphatic hydroxyl groups is 1. The highest BCUT2D eigenvalue weighted by Crippen LogP contribution is 2.20. The van der Waals surface area contributed by atoms with Crippen LogP contribution in [-0.4, -0.2) is 22.6 Å². The summed E-state index contributed by atoms with van der Waals surface area (Å²) in [5.41, 5.74) is 2.35. The van der Waals surface area contributed by atoms with Crippen molar-refractivity contribution in [3.8, 4) is 0 Å². The summed E-state index contributed by atoms with van der Waals surface area (Å²) >= 11 is 0. The number of carbonyl (C=O) groups is 1. The van der Waals surface area contributed by atoms with E-state index in [1.54, 1.807) is 12.3 Å². The van der Waals surface area contributed by atoms with E-state index in [1.807, 2.05) is 30.3 Å². The number of aliphatic hydroxyl groups excluding tert-OH is 1. The first-order valence-electron chi connectivity index (χ1n) is 7.38.